The van der Waals surface area contributed by atoms with Crippen LogP contribution in [0.2, 0.25) is 0 Å². The van der Waals surface area contributed by atoms with E-state index < -0.39 is 0 Å². The molecular weight excluding hydrogens is 444 g/mol. The van der Waals surface area contributed by atoms with Gasteiger partial charge in [0, 0.05) is 37.9 Å². The Morgan fingerprint density at radius 3 is 2.66 bits per heavy atom. The van der Waals surface area contributed by atoms with Crippen molar-refractivity contribution in [1.29, 1.82) is 0 Å². The average molecular weight is 479 g/mol. The van der Waals surface area contributed by atoms with E-state index in [1.807, 2.05) is 24.3 Å². The van der Waals surface area contributed by atoms with Crippen molar-refractivity contribution < 1.29 is 9.53 Å². The van der Waals surface area contributed by atoms with Crippen LogP contribution in [0.1, 0.15) is 44.9 Å². The number of rotatable bonds is 6. The summed E-state index contributed by atoms with van der Waals surface area (Å²) < 4.78 is 7.69. The third kappa shape index (κ3) is 5.48. The van der Waals surface area contributed by atoms with Crippen LogP contribution in [0.3, 0.4) is 0 Å². The van der Waals surface area contributed by atoms with Crippen LogP contribution in [0.25, 0.3) is 11.2 Å². The summed E-state index contributed by atoms with van der Waals surface area (Å²) in [6, 6.07) is 7.81. The lowest BCUT2D eigenvalue weighted by molar-refractivity contribution is 0.114. The normalized spacial score (nSPS) is 17.9. The number of hydrogen-bond donors (Lipinski definition) is 3. The van der Waals surface area contributed by atoms with E-state index in [0.29, 0.717) is 22.9 Å². The number of aromatic nitrogens is 4. The number of carbonyl (C=O) groups is 1. The highest BCUT2D eigenvalue weighted by molar-refractivity contribution is 5.92. The number of benzene rings is 1. The minimum atomic E-state index is -0.209. The van der Waals surface area contributed by atoms with Crippen LogP contribution in [-0.4, -0.2) is 69.8 Å². The molecule has 0 spiro atoms. The van der Waals surface area contributed by atoms with Crippen molar-refractivity contribution in [1.82, 2.24) is 29.7 Å². The number of ether oxygens (including phenoxy) is 1. The van der Waals surface area contributed by atoms with Crippen molar-refractivity contribution >= 4 is 34.6 Å². The van der Waals surface area contributed by atoms with E-state index in [2.05, 4.69) is 42.8 Å². The maximum absolute atomic E-state index is 13.0. The second-order valence-corrected chi connectivity index (χ2v) is 9.49. The molecule has 2 aliphatic rings. The van der Waals surface area contributed by atoms with Gasteiger partial charge in [0.25, 0.3) is 0 Å². The molecule has 0 atom stereocenters. The molecule has 3 N–H and O–H groups in total. The van der Waals surface area contributed by atoms with Gasteiger partial charge in [-0.05, 0) is 44.9 Å². The van der Waals surface area contributed by atoms with Crippen LogP contribution >= 0.6 is 0 Å². The highest BCUT2D eigenvalue weighted by Crippen LogP contribution is 2.26. The van der Waals surface area contributed by atoms with E-state index in [-0.39, 0.29) is 18.2 Å². The van der Waals surface area contributed by atoms with Gasteiger partial charge < -0.3 is 25.6 Å². The Hall–Kier alpha value is -3.40. The standard InChI is InChI=1S/C25H34N8O2/c1-26-22-21-23(33(16-27-21)25(34)29-17-7-4-3-5-8-17)31-24(30-22)28-18-9-6-10-20(15-18)35-19-11-13-32(2)14-12-19/h6,9-10,15-17,19H,3-5,7-8,11-14H2,1-2H3,(H,29,34)(H2,26,28,30,31). The number of likely N-dealkylation sites (tertiary alicyclic amines) is 1. The number of nitrogens with one attached hydrogen (secondary N) is 3. The third-order valence-corrected chi connectivity index (χ3v) is 6.84. The molecule has 0 unspecified atom stereocenters. The number of carbonyl (C=O) groups excluding carboxylic acids is 1. The Labute approximate surface area is 205 Å². The SMILES string of the molecule is CNc1nc(Nc2cccc(OC3CCN(C)CC3)c2)nc2c1ncn2C(=O)NC1CCCCC1. The molecule has 186 valence electrons. The zero-order valence-electron chi connectivity index (χ0n) is 20.5. The van der Waals surface area contributed by atoms with Crippen molar-refractivity contribution in [3.05, 3.63) is 30.6 Å². The molecule has 1 aliphatic heterocycles. The Morgan fingerprint density at radius 1 is 1.09 bits per heavy atom. The minimum absolute atomic E-state index is 0.198. The lowest BCUT2D eigenvalue weighted by Crippen LogP contribution is -2.38. The fourth-order valence-corrected chi connectivity index (χ4v) is 4.84. The fraction of sp³-hybridized carbons (Fsp3) is 0.520. The van der Waals surface area contributed by atoms with Crippen LogP contribution < -0.4 is 20.7 Å². The number of nitrogens with zero attached hydrogens (tertiary/aromatic N) is 5. The van der Waals surface area contributed by atoms with Gasteiger partial charge in [-0.3, -0.25) is 0 Å². The van der Waals surface area contributed by atoms with Gasteiger partial charge in [0.1, 0.15) is 18.2 Å². The van der Waals surface area contributed by atoms with Crippen molar-refractivity contribution in [3.63, 3.8) is 0 Å². The molecule has 0 bridgehead atoms. The van der Waals surface area contributed by atoms with Crippen LogP contribution in [0.15, 0.2) is 30.6 Å². The number of anilines is 3. The molecule has 35 heavy (non-hydrogen) atoms. The topological polar surface area (TPSA) is 109 Å². The third-order valence-electron chi connectivity index (χ3n) is 6.84. The fourth-order valence-electron chi connectivity index (χ4n) is 4.84. The summed E-state index contributed by atoms with van der Waals surface area (Å²) in [7, 11) is 3.92. The molecule has 2 fully saturated rings. The summed E-state index contributed by atoms with van der Waals surface area (Å²) in [6.07, 6.45) is 9.33. The van der Waals surface area contributed by atoms with Crippen LogP contribution in [0.5, 0.6) is 5.75 Å². The first kappa shape index (κ1) is 23.3. The summed E-state index contributed by atoms with van der Waals surface area (Å²) in [5, 5.41) is 9.47. The van der Waals surface area contributed by atoms with Gasteiger partial charge in [0.15, 0.2) is 17.0 Å². The summed E-state index contributed by atoms with van der Waals surface area (Å²) >= 11 is 0. The zero-order chi connectivity index (χ0) is 24.2. The number of hydrogen-bond acceptors (Lipinski definition) is 8. The molecular formula is C25H34N8O2. The minimum Gasteiger partial charge on any atom is -0.490 e. The Kier molecular flexibility index (Phi) is 6.98. The number of fused-ring (bicyclic) bond motifs is 1. The lowest BCUT2D eigenvalue weighted by atomic mass is 9.96. The molecule has 1 amide bonds. The van der Waals surface area contributed by atoms with Crippen molar-refractivity contribution in [3.8, 4) is 5.75 Å². The number of imidazole rings is 1. The van der Waals surface area contributed by atoms with Crippen LogP contribution in [0.4, 0.5) is 22.2 Å². The molecule has 1 saturated heterocycles. The summed E-state index contributed by atoms with van der Waals surface area (Å²) in [5.41, 5.74) is 1.82. The summed E-state index contributed by atoms with van der Waals surface area (Å²) in [4.78, 5) is 28.9. The highest BCUT2D eigenvalue weighted by Gasteiger charge is 2.21. The lowest BCUT2D eigenvalue weighted by Gasteiger charge is -2.29. The molecule has 3 aromatic rings. The van der Waals surface area contributed by atoms with Crippen molar-refractivity contribution in [2.45, 2.75) is 57.1 Å². The molecule has 0 radical (unpaired) electrons. The maximum atomic E-state index is 13.0. The van der Waals surface area contributed by atoms with E-state index in [1.54, 1.807) is 7.05 Å². The van der Waals surface area contributed by atoms with E-state index >= 15 is 0 Å². The van der Waals surface area contributed by atoms with Gasteiger partial charge in [-0.25, -0.2) is 14.3 Å². The average Bonchev–Trinajstić information content (AvgIpc) is 3.30. The smallest absolute Gasteiger partial charge is 0.328 e. The second kappa shape index (κ2) is 10.5. The molecule has 10 nitrogen and oxygen atoms in total. The molecule has 1 aliphatic carbocycles. The molecule has 1 aromatic carbocycles. The van der Waals surface area contributed by atoms with Gasteiger partial charge >= 0.3 is 6.03 Å². The van der Waals surface area contributed by atoms with Gasteiger partial charge in [-0.15, -0.1) is 0 Å². The molecule has 10 heteroatoms. The molecule has 3 heterocycles. The van der Waals surface area contributed by atoms with Crippen molar-refractivity contribution in [2.75, 3.05) is 37.8 Å². The Morgan fingerprint density at radius 2 is 1.89 bits per heavy atom. The number of amides is 1. The number of piperidine rings is 1. The second-order valence-electron chi connectivity index (χ2n) is 9.49. The zero-order valence-corrected chi connectivity index (χ0v) is 20.5. The monoisotopic (exact) mass is 478 g/mol. The van der Waals surface area contributed by atoms with Gasteiger partial charge in [0.05, 0.1) is 0 Å². The predicted octanol–water partition coefficient (Wildman–Crippen LogP) is 3.98. The van der Waals surface area contributed by atoms with E-state index in [9.17, 15) is 4.79 Å². The van der Waals surface area contributed by atoms with Crippen LogP contribution in [0, 0.1) is 0 Å². The van der Waals surface area contributed by atoms with E-state index in [4.69, 9.17) is 4.74 Å². The molecule has 2 aromatic heterocycles. The first-order chi connectivity index (χ1) is 17.1. The molecule has 5 rings (SSSR count). The Bertz CT molecular complexity index is 1170. The van der Waals surface area contributed by atoms with Crippen molar-refractivity contribution in [2.24, 2.45) is 0 Å². The summed E-state index contributed by atoms with van der Waals surface area (Å²) in [6.45, 7) is 2.09. The van der Waals surface area contributed by atoms with Gasteiger partial charge in [-0.2, -0.15) is 9.97 Å². The van der Waals surface area contributed by atoms with E-state index in [0.717, 1.165) is 63.1 Å². The van der Waals surface area contributed by atoms with E-state index in [1.165, 1.54) is 17.3 Å². The quantitative estimate of drug-likeness (QED) is 0.488. The maximum Gasteiger partial charge on any atom is 0.328 e. The van der Waals surface area contributed by atoms with Gasteiger partial charge in [-0.1, -0.05) is 25.3 Å². The van der Waals surface area contributed by atoms with Gasteiger partial charge in [0.2, 0.25) is 5.95 Å². The first-order valence-corrected chi connectivity index (χ1v) is 12.5. The Balaban J connectivity index is 1.34. The summed E-state index contributed by atoms with van der Waals surface area (Å²) in [5.74, 6) is 1.75. The largest absolute Gasteiger partial charge is 0.490 e. The van der Waals surface area contributed by atoms with Crippen LogP contribution in [-0.2, 0) is 0 Å². The highest BCUT2D eigenvalue weighted by atomic mass is 16.5. The molecule has 1 saturated carbocycles. The predicted molar refractivity (Wildman–Crippen MR) is 137 cm³/mol. The first-order valence-electron chi connectivity index (χ1n) is 12.5.